The summed E-state index contributed by atoms with van der Waals surface area (Å²) in [4.78, 5) is 0. The van der Waals surface area contributed by atoms with Gasteiger partial charge < -0.3 is 5.11 Å². The van der Waals surface area contributed by atoms with Crippen molar-refractivity contribution in [2.24, 2.45) is 0 Å². The van der Waals surface area contributed by atoms with Gasteiger partial charge in [0, 0.05) is 0 Å². The highest BCUT2D eigenvalue weighted by molar-refractivity contribution is 4.93. The Balaban J connectivity index is 3.30. The molecule has 0 saturated heterocycles. The van der Waals surface area contributed by atoms with Gasteiger partial charge in [-0.2, -0.15) is 0 Å². The summed E-state index contributed by atoms with van der Waals surface area (Å²) in [6.07, 6.45) is 6.54. The lowest BCUT2D eigenvalue weighted by Gasteiger charge is -1.83. The van der Waals surface area contributed by atoms with E-state index in [1.165, 1.54) is 0 Å². The first-order valence-corrected chi connectivity index (χ1v) is 2.74. The Bertz CT molecular complexity index is 97.0. The van der Waals surface area contributed by atoms with Gasteiger partial charge in [0.1, 0.15) is 0 Å². The van der Waals surface area contributed by atoms with E-state index in [1.807, 2.05) is 19.1 Å². The van der Waals surface area contributed by atoms with Crippen LogP contribution >= 0.6 is 0 Å². The van der Waals surface area contributed by atoms with Gasteiger partial charge in [-0.15, -0.1) is 0 Å². The summed E-state index contributed by atoms with van der Waals surface area (Å²) < 4.78 is 0. The fraction of sp³-hybridized carbons (Fsp3) is 0.429. The molecular formula is C7H12O. The minimum absolute atomic E-state index is 0.392. The topological polar surface area (TPSA) is 20.2 Å². The minimum atomic E-state index is 0.392. The normalized spacial score (nSPS) is 13.0. The van der Waals surface area contributed by atoms with Gasteiger partial charge >= 0.3 is 0 Å². The average molecular weight is 112 g/mol. The Morgan fingerprint density at radius 2 is 2.25 bits per heavy atom. The van der Waals surface area contributed by atoms with Crippen LogP contribution in [0.3, 0.4) is 0 Å². The van der Waals surface area contributed by atoms with E-state index in [4.69, 9.17) is 5.11 Å². The maximum absolute atomic E-state index is 8.61. The van der Waals surface area contributed by atoms with Gasteiger partial charge in [0.15, 0.2) is 0 Å². The zero-order chi connectivity index (χ0) is 6.41. The van der Waals surface area contributed by atoms with E-state index in [0.717, 1.165) is 6.42 Å². The highest BCUT2D eigenvalue weighted by atomic mass is 16.3. The van der Waals surface area contributed by atoms with E-state index in [-0.39, 0.29) is 0 Å². The second-order valence-corrected chi connectivity index (χ2v) is 1.65. The lowest BCUT2D eigenvalue weighted by Crippen LogP contribution is -1.67. The molecule has 0 aromatic rings. The van der Waals surface area contributed by atoms with Crippen LogP contribution in [0.15, 0.2) is 24.0 Å². The molecule has 0 aliphatic rings. The lowest BCUT2D eigenvalue weighted by molar-refractivity contribution is 0.412. The number of hydrogen-bond acceptors (Lipinski definition) is 1. The van der Waals surface area contributed by atoms with Crippen molar-refractivity contribution in [1.29, 1.82) is 0 Å². The van der Waals surface area contributed by atoms with E-state index in [0.29, 0.717) is 5.76 Å². The predicted molar refractivity (Wildman–Crippen MR) is 35.8 cm³/mol. The third-order valence-electron chi connectivity index (χ3n) is 0.785. The molecule has 0 saturated carbocycles. The standard InChI is InChI=1S/C7H12O/c1-3-4-5-6-7(2)8/h3-4,6,8H,5H2,1-2H3/b4-3+,7-6-. The first kappa shape index (κ1) is 7.28. The van der Waals surface area contributed by atoms with Gasteiger partial charge in [0.25, 0.3) is 0 Å². The molecule has 0 aliphatic heterocycles. The van der Waals surface area contributed by atoms with Crippen molar-refractivity contribution >= 4 is 0 Å². The number of aliphatic hydroxyl groups excluding tert-OH is 1. The van der Waals surface area contributed by atoms with Crippen molar-refractivity contribution in [2.45, 2.75) is 20.3 Å². The largest absolute Gasteiger partial charge is 0.513 e. The third kappa shape index (κ3) is 5.28. The number of aliphatic hydroxyl groups is 1. The molecule has 8 heavy (non-hydrogen) atoms. The first-order valence-electron chi connectivity index (χ1n) is 2.74. The molecule has 1 nitrogen and oxygen atoms in total. The van der Waals surface area contributed by atoms with Crippen molar-refractivity contribution in [3.05, 3.63) is 24.0 Å². The molecule has 0 amide bonds. The third-order valence-corrected chi connectivity index (χ3v) is 0.785. The van der Waals surface area contributed by atoms with E-state index >= 15 is 0 Å². The minimum Gasteiger partial charge on any atom is -0.513 e. The molecule has 1 heteroatoms. The Hall–Kier alpha value is -0.720. The molecule has 0 fully saturated rings. The maximum Gasteiger partial charge on any atom is 0.0855 e. The van der Waals surface area contributed by atoms with Crippen LogP contribution in [-0.4, -0.2) is 5.11 Å². The molecule has 0 bridgehead atoms. The zero-order valence-corrected chi connectivity index (χ0v) is 5.39. The smallest absolute Gasteiger partial charge is 0.0855 e. The van der Waals surface area contributed by atoms with Crippen LogP contribution in [-0.2, 0) is 0 Å². The Labute approximate surface area is 50.3 Å². The summed E-state index contributed by atoms with van der Waals surface area (Å²) in [6.45, 7) is 3.63. The van der Waals surface area contributed by atoms with Gasteiger partial charge in [-0.25, -0.2) is 0 Å². The van der Waals surface area contributed by atoms with E-state index in [1.54, 1.807) is 13.0 Å². The maximum atomic E-state index is 8.61. The molecule has 0 rings (SSSR count). The summed E-state index contributed by atoms with van der Waals surface area (Å²) in [5, 5.41) is 8.61. The van der Waals surface area contributed by atoms with Crippen LogP contribution < -0.4 is 0 Å². The molecule has 0 radical (unpaired) electrons. The highest BCUT2D eigenvalue weighted by Crippen LogP contribution is 1.89. The van der Waals surface area contributed by atoms with Gasteiger partial charge in [-0.3, -0.25) is 0 Å². The molecule has 0 heterocycles. The SMILES string of the molecule is C/C=C/C/C=C(/C)O. The van der Waals surface area contributed by atoms with E-state index in [2.05, 4.69) is 0 Å². The predicted octanol–water partition coefficient (Wildman–Crippen LogP) is 2.41. The Morgan fingerprint density at radius 1 is 1.62 bits per heavy atom. The van der Waals surface area contributed by atoms with Crippen LogP contribution in [0.5, 0.6) is 0 Å². The first-order chi connectivity index (χ1) is 3.77. The molecule has 0 atom stereocenters. The van der Waals surface area contributed by atoms with Crippen molar-refractivity contribution in [2.75, 3.05) is 0 Å². The number of allylic oxidation sites excluding steroid dienone is 4. The highest BCUT2D eigenvalue weighted by Gasteiger charge is 1.73. The van der Waals surface area contributed by atoms with Crippen molar-refractivity contribution in [3.8, 4) is 0 Å². The van der Waals surface area contributed by atoms with Gasteiger partial charge in [0.2, 0.25) is 0 Å². The fourth-order valence-electron chi connectivity index (χ4n) is 0.375. The van der Waals surface area contributed by atoms with Crippen LogP contribution in [0, 0.1) is 0 Å². The summed E-state index contributed by atoms with van der Waals surface area (Å²) in [7, 11) is 0. The summed E-state index contributed by atoms with van der Waals surface area (Å²) in [5.41, 5.74) is 0. The molecular weight excluding hydrogens is 100 g/mol. The quantitative estimate of drug-likeness (QED) is 0.429. The second-order valence-electron chi connectivity index (χ2n) is 1.65. The molecule has 1 N–H and O–H groups in total. The average Bonchev–Trinajstić information content (AvgIpc) is 1.66. The van der Waals surface area contributed by atoms with Crippen LogP contribution in [0.4, 0.5) is 0 Å². The van der Waals surface area contributed by atoms with E-state index < -0.39 is 0 Å². The van der Waals surface area contributed by atoms with Gasteiger partial charge in [-0.1, -0.05) is 12.2 Å². The Kier molecular flexibility index (Phi) is 4.04. The molecule has 0 spiro atoms. The molecule has 46 valence electrons. The van der Waals surface area contributed by atoms with Crippen molar-refractivity contribution < 1.29 is 5.11 Å². The van der Waals surface area contributed by atoms with Crippen molar-refractivity contribution in [1.82, 2.24) is 0 Å². The molecule has 0 unspecified atom stereocenters. The lowest BCUT2D eigenvalue weighted by atomic mass is 10.3. The molecule has 0 aromatic carbocycles. The van der Waals surface area contributed by atoms with Gasteiger partial charge in [0.05, 0.1) is 5.76 Å². The van der Waals surface area contributed by atoms with Gasteiger partial charge in [-0.05, 0) is 26.3 Å². The fourth-order valence-corrected chi connectivity index (χ4v) is 0.375. The number of rotatable bonds is 2. The molecule has 0 aromatic heterocycles. The summed E-state index contributed by atoms with van der Waals surface area (Å²) in [6, 6.07) is 0. The Morgan fingerprint density at radius 3 is 2.62 bits per heavy atom. The second kappa shape index (κ2) is 4.44. The zero-order valence-electron chi connectivity index (χ0n) is 5.39. The summed E-state index contributed by atoms with van der Waals surface area (Å²) in [5.74, 6) is 0.392. The van der Waals surface area contributed by atoms with Crippen LogP contribution in [0.2, 0.25) is 0 Å². The number of hydrogen-bond donors (Lipinski definition) is 1. The monoisotopic (exact) mass is 112 g/mol. The van der Waals surface area contributed by atoms with Crippen molar-refractivity contribution in [3.63, 3.8) is 0 Å². The molecule has 0 aliphatic carbocycles. The van der Waals surface area contributed by atoms with Crippen LogP contribution in [0.1, 0.15) is 20.3 Å². The van der Waals surface area contributed by atoms with Crippen LogP contribution in [0.25, 0.3) is 0 Å². The summed E-state index contributed by atoms with van der Waals surface area (Å²) >= 11 is 0. The van der Waals surface area contributed by atoms with E-state index in [9.17, 15) is 0 Å².